The summed E-state index contributed by atoms with van der Waals surface area (Å²) in [6.45, 7) is 1.69. The topological polar surface area (TPSA) is 89.0 Å². The van der Waals surface area contributed by atoms with Gasteiger partial charge in [-0.3, -0.25) is 0 Å². The zero-order chi connectivity index (χ0) is 9.97. The molecule has 6 nitrogen and oxygen atoms in total. The van der Waals surface area contributed by atoms with Crippen molar-refractivity contribution in [2.45, 2.75) is 24.8 Å². The Hall–Kier alpha value is -0.240. The van der Waals surface area contributed by atoms with Crippen LogP contribution in [0.25, 0.3) is 0 Å². The summed E-state index contributed by atoms with van der Waals surface area (Å²) in [5, 5.41) is 0. The van der Waals surface area contributed by atoms with E-state index in [1.165, 1.54) is 0 Å². The summed E-state index contributed by atoms with van der Waals surface area (Å²) < 4.78 is 21.6. The largest absolute Gasteiger partial charge is 0.348 e. The van der Waals surface area contributed by atoms with Crippen molar-refractivity contribution >= 4 is 0 Å². The zero-order valence-corrected chi connectivity index (χ0v) is 7.93. The van der Waals surface area contributed by atoms with Crippen molar-refractivity contribution < 1.29 is 18.9 Å². The molecule has 0 aliphatic carbocycles. The lowest BCUT2D eigenvalue weighted by Crippen LogP contribution is -2.55. The molecule has 0 bridgehead atoms. The Kier molecular flexibility index (Phi) is 3.32. The summed E-state index contributed by atoms with van der Waals surface area (Å²) in [6, 6.07) is 0. The second-order valence-electron chi connectivity index (χ2n) is 3.35. The van der Waals surface area contributed by atoms with Gasteiger partial charge in [0, 0.05) is 13.1 Å². The van der Waals surface area contributed by atoms with E-state index in [0.717, 1.165) is 0 Å². The number of hydrogen-bond donors (Lipinski definition) is 2. The highest BCUT2D eigenvalue weighted by molar-refractivity contribution is 4.79. The van der Waals surface area contributed by atoms with E-state index in [2.05, 4.69) is 0 Å². The Morgan fingerprint density at radius 1 is 0.857 bits per heavy atom. The van der Waals surface area contributed by atoms with Crippen LogP contribution in [0, 0.1) is 0 Å². The number of nitrogens with two attached hydrogens (primary N) is 2. The van der Waals surface area contributed by atoms with E-state index in [9.17, 15) is 0 Å². The van der Waals surface area contributed by atoms with Gasteiger partial charge in [0.2, 0.25) is 0 Å². The SMILES string of the molecule is NC[C@@H]1OC[C@@H]2O[C@H](CN)OC[C@@H]2O1. The van der Waals surface area contributed by atoms with Gasteiger partial charge in [0.05, 0.1) is 13.2 Å². The minimum Gasteiger partial charge on any atom is -0.348 e. The van der Waals surface area contributed by atoms with Crippen LogP contribution < -0.4 is 11.5 Å². The molecule has 0 amide bonds. The maximum Gasteiger partial charge on any atom is 0.170 e. The molecule has 0 unspecified atom stereocenters. The molecule has 2 fully saturated rings. The average molecular weight is 204 g/mol. The minimum atomic E-state index is -0.335. The van der Waals surface area contributed by atoms with Gasteiger partial charge in [0.15, 0.2) is 12.6 Å². The molecular formula is C8H16N2O4. The second-order valence-corrected chi connectivity index (χ2v) is 3.35. The van der Waals surface area contributed by atoms with E-state index in [1.54, 1.807) is 0 Å². The molecule has 0 aromatic heterocycles. The molecule has 2 heterocycles. The predicted molar refractivity (Wildman–Crippen MR) is 47.3 cm³/mol. The van der Waals surface area contributed by atoms with E-state index < -0.39 is 0 Å². The van der Waals surface area contributed by atoms with Crippen LogP contribution in [0.15, 0.2) is 0 Å². The van der Waals surface area contributed by atoms with Gasteiger partial charge < -0.3 is 30.4 Å². The first kappa shape index (κ1) is 10.3. The molecule has 0 radical (unpaired) electrons. The van der Waals surface area contributed by atoms with Gasteiger partial charge in [-0.05, 0) is 0 Å². The van der Waals surface area contributed by atoms with Crippen molar-refractivity contribution in [3.8, 4) is 0 Å². The highest BCUT2D eigenvalue weighted by atomic mass is 16.8. The molecule has 0 aromatic carbocycles. The highest BCUT2D eigenvalue weighted by Gasteiger charge is 2.37. The first-order valence-corrected chi connectivity index (χ1v) is 4.77. The van der Waals surface area contributed by atoms with Crippen molar-refractivity contribution in [2.75, 3.05) is 26.3 Å². The Bertz CT molecular complexity index is 172. The lowest BCUT2D eigenvalue weighted by molar-refractivity contribution is -0.331. The summed E-state index contributed by atoms with van der Waals surface area (Å²) in [5.74, 6) is 0. The average Bonchev–Trinajstić information content (AvgIpc) is 2.27. The van der Waals surface area contributed by atoms with Crippen LogP contribution in [-0.4, -0.2) is 51.1 Å². The lowest BCUT2D eigenvalue weighted by Gasteiger charge is -2.41. The molecule has 2 aliphatic heterocycles. The lowest BCUT2D eigenvalue weighted by atomic mass is 10.2. The van der Waals surface area contributed by atoms with E-state index in [4.69, 9.17) is 30.4 Å². The van der Waals surface area contributed by atoms with E-state index in [-0.39, 0.29) is 24.8 Å². The maximum absolute atomic E-state index is 5.49. The Balaban J connectivity index is 1.88. The molecule has 2 rings (SSSR count). The van der Waals surface area contributed by atoms with Crippen LogP contribution >= 0.6 is 0 Å². The summed E-state index contributed by atoms with van der Waals surface area (Å²) >= 11 is 0. The van der Waals surface area contributed by atoms with Crippen molar-refractivity contribution in [2.24, 2.45) is 11.5 Å². The molecule has 2 aliphatic rings. The maximum atomic E-state index is 5.49. The molecule has 4 N–H and O–H groups in total. The first-order chi connectivity index (χ1) is 6.83. The van der Waals surface area contributed by atoms with E-state index >= 15 is 0 Å². The van der Waals surface area contributed by atoms with Crippen molar-refractivity contribution in [3.63, 3.8) is 0 Å². The monoisotopic (exact) mass is 204 g/mol. The standard InChI is InChI=1S/C8H16N2O4/c9-1-7-11-3-6-5(13-7)4-12-8(2-10)14-6/h5-8H,1-4,9-10H2/t5-,6-,7+,8+/m0/s1. The smallest absolute Gasteiger partial charge is 0.170 e. The van der Waals surface area contributed by atoms with Crippen LogP contribution in [-0.2, 0) is 18.9 Å². The minimum absolute atomic E-state index is 0.0832. The molecule has 82 valence electrons. The molecule has 0 saturated carbocycles. The quantitative estimate of drug-likeness (QED) is 0.562. The van der Waals surface area contributed by atoms with Gasteiger partial charge in [0.1, 0.15) is 12.2 Å². The summed E-state index contributed by atoms with van der Waals surface area (Å²) in [7, 11) is 0. The normalized spacial score (nSPS) is 43.3. The Morgan fingerprint density at radius 3 is 1.64 bits per heavy atom. The molecule has 4 atom stereocenters. The summed E-state index contributed by atoms with van der Waals surface area (Å²) in [6.07, 6.45) is -0.837. The zero-order valence-electron chi connectivity index (χ0n) is 7.93. The third-order valence-corrected chi connectivity index (χ3v) is 2.35. The molecule has 14 heavy (non-hydrogen) atoms. The molecule has 0 spiro atoms. The van der Waals surface area contributed by atoms with Gasteiger partial charge in [-0.2, -0.15) is 0 Å². The van der Waals surface area contributed by atoms with Crippen LogP contribution in [0.2, 0.25) is 0 Å². The molecule has 6 heteroatoms. The fourth-order valence-corrected chi connectivity index (χ4v) is 1.59. The predicted octanol–water partition coefficient (Wildman–Crippen LogP) is -1.61. The van der Waals surface area contributed by atoms with Gasteiger partial charge in [-0.1, -0.05) is 0 Å². The van der Waals surface area contributed by atoms with Gasteiger partial charge in [-0.25, -0.2) is 0 Å². The fraction of sp³-hybridized carbons (Fsp3) is 1.00. The number of ether oxygens (including phenoxy) is 4. The second kappa shape index (κ2) is 4.52. The van der Waals surface area contributed by atoms with E-state index in [1.807, 2.05) is 0 Å². The fourth-order valence-electron chi connectivity index (χ4n) is 1.59. The van der Waals surface area contributed by atoms with Crippen LogP contribution in [0.1, 0.15) is 0 Å². The number of hydrogen-bond acceptors (Lipinski definition) is 6. The van der Waals surface area contributed by atoms with Crippen LogP contribution in [0.4, 0.5) is 0 Å². The van der Waals surface area contributed by atoms with Crippen LogP contribution in [0.3, 0.4) is 0 Å². The molecule has 2 saturated heterocycles. The Labute approximate surface area is 82.4 Å². The van der Waals surface area contributed by atoms with Crippen molar-refractivity contribution in [1.29, 1.82) is 0 Å². The van der Waals surface area contributed by atoms with Gasteiger partial charge >= 0.3 is 0 Å². The van der Waals surface area contributed by atoms with Gasteiger partial charge in [0.25, 0.3) is 0 Å². The van der Waals surface area contributed by atoms with Gasteiger partial charge in [-0.15, -0.1) is 0 Å². The molecule has 0 aromatic rings. The summed E-state index contributed by atoms with van der Waals surface area (Å²) in [4.78, 5) is 0. The van der Waals surface area contributed by atoms with Crippen molar-refractivity contribution in [1.82, 2.24) is 0 Å². The highest BCUT2D eigenvalue weighted by Crippen LogP contribution is 2.21. The summed E-state index contributed by atoms with van der Waals surface area (Å²) in [5.41, 5.74) is 10.9. The third kappa shape index (κ3) is 2.05. The third-order valence-electron chi connectivity index (χ3n) is 2.35. The van der Waals surface area contributed by atoms with Crippen molar-refractivity contribution in [3.05, 3.63) is 0 Å². The van der Waals surface area contributed by atoms with E-state index in [0.29, 0.717) is 26.3 Å². The molecular weight excluding hydrogens is 188 g/mol. The number of rotatable bonds is 2. The Morgan fingerprint density at radius 2 is 1.29 bits per heavy atom. The number of fused-ring (bicyclic) bond motifs is 1. The van der Waals surface area contributed by atoms with Crippen LogP contribution in [0.5, 0.6) is 0 Å². The first-order valence-electron chi connectivity index (χ1n) is 4.77.